The summed E-state index contributed by atoms with van der Waals surface area (Å²) in [6.45, 7) is 3.87. The summed E-state index contributed by atoms with van der Waals surface area (Å²) in [4.78, 5) is 21.5. The van der Waals surface area contributed by atoms with Crippen LogP contribution in [0.5, 0.6) is 0 Å². The van der Waals surface area contributed by atoms with Gasteiger partial charge in [-0.25, -0.2) is 4.79 Å². The van der Waals surface area contributed by atoms with E-state index in [1.54, 1.807) is 12.3 Å². The van der Waals surface area contributed by atoms with Crippen molar-refractivity contribution in [1.29, 1.82) is 0 Å². The van der Waals surface area contributed by atoms with Crippen molar-refractivity contribution in [2.45, 2.75) is 20.3 Å². The highest BCUT2D eigenvalue weighted by Gasteiger charge is 2.07. The number of carbonyl (C=O) groups is 1. The molecule has 0 aromatic heterocycles. The maximum Gasteiger partial charge on any atom is 0.323 e. The van der Waals surface area contributed by atoms with Gasteiger partial charge in [0.15, 0.2) is 0 Å². The van der Waals surface area contributed by atoms with Gasteiger partial charge in [-0.15, -0.1) is 0 Å². The second-order valence-corrected chi connectivity index (χ2v) is 3.75. The minimum atomic E-state index is -0.510. The lowest BCUT2D eigenvalue weighted by atomic mass is 10.2. The normalized spacial score (nSPS) is 10.9. The lowest BCUT2D eigenvalue weighted by Crippen LogP contribution is -2.24. The van der Waals surface area contributed by atoms with E-state index in [0.29, 0.717) is 5.69 Å². The van der Waals surface area contributed by atoms with Crippen molar-refractivity contribution >= 4 is 17.4 Å². The van der Waals surface area contributed by atoms with Crippen molar-refractivity contribution in [2.75, 3.05) is 5.32 Å². The molecule has 96 valence electrons. The Hall–Kier alpha value is -2.37. The van der Waals surface area contributed by atoms with Crippen molar-refractivity contribution < 1.29 is 9.72 Å². The number of benzene rings is 1. The van der Waals surface area contributed by atoms with Crippen LogP contribution in [0.15, 0.2) is 36.0 Å². The van der Waals surface area contributed by atoms with Gasteiger partial charge in [0.1, 0.15) is 0 Å². The number of nitrogens with one attached hydrogen (secondary N) is 2. The summed E-state index contributed by atoms with van der Waals surface area (Å²) in [7, 11) is 0. The largest absolute Gasteiger partial charge is 0.323 e. The van der Waals surface area contributed by atoms with Crippen LogP contribution in [0.4, 0.5) is 16.2 Å². The molecule has 6 heteroatoms. The molecule has 0 saturated heterocycles. The van der Waals surface area contributed by atoms with Crippen LogP contribution < -0.4 is 10.6 Å². The molecule has 1 aromatic rings. The Bertz CT molecular complexity index is 483. The molecule has 0 aliphatic rings. The number of nitro groups is 1. The van der Waals surface area contributed by atoms with Gasteiger partial charge in [0, 0.05) is 24.0 Å². The number of urea groups is 1. The van der Waals surface area contributed by atoms with E-state index in [0.717, 1.165) is 12.0 Å². The number of anilines is 1. The third-order valence-electron chi connectivity index (χ3n) is 2.32. The molecule has 0 radical (unpaired) electrons. The first-order chi connectivity index (χ1) is 8.52. The summed E-state index contributed by atoms with van der Waals surface area (Å²) in [5.74, 6) is 0. The molecule has 0 spiro atoms. The van der Waals surface area contributed by atoms with Crippen LogP contribution >= 0.6 is 0 Å². The van der Waals surface area contributed by atoms with Gasteiger partial charge >= 0.3 is 6.03 Å². The van der Waals surface area contributed by atoms with Crippen molar-refractivity contribution in [3.05, 3.63) is 46.2 Å². The first kappa shape index (κ1) is 13.7. The molecule has 0 atom stereocenters. The standard InChI is InChI=1S/C12H15N3O3/c1-3-9(2)8-13-12(16)14-10-5-4-6-11(7-10)15(17)18/h4-8H,3H2,1-2H3,(H2,13,14,16)/b9-8+. The number of amides is 2. The van der Waals surface area contributed by atoms with Crippen LogP contribution in [-0.4, -0.2) is 11.0 Å². The van der Waals surface area contributed by atoms with E-state index < -0.39 is 11.0 Å². The predicted molar refractivity (Wildman–Crippen MR) is 69.3 cm³/mol. The second kappa shape index (κ2) is 6.39. The van der Waals surface area contributed by atoms with Crippen molar-refractivity contribution in [3.8, 4) is 0 Å². The van der Waals surface area contributed by atoms with Crippen molar-refractivity contribution in [3.63, 3.8) is 0 Å². The SMILES string of the molecule is CC/C(C)=C/NC(=O)Nc1cccc([N+](=O)[O-])c1. The molecule has 2 amide bonds. The van der Waals surface area contributed by atoms with Crippen LogP contribution in [0, 0.1) is 10.1 Å². The van der Waals surface area contributed by atoms with E-state index in [-0.39, 0.29) is 5.69 Å². The van der Waals surface area contributed by atoms with E-state index in [4.69, 9.17) is 0 Å². The predicted octanol–water partition coefficient (Wildman–Crippen LogP) is 3.03. The van der Waals surface area contributed by atoms with Gasteiger partial charge in [-0.05, 0) is 19.4 Å². The molecule has 0 unspecified atom stereocenters. The average molecular weight is 249 g/mol. The molecule has 0 fully saturated rings. The Kier molecular flexibility index (Phi) is 4.86. The zero-order valence-electron chi connectivity index (χ0n) is 10.3. The number of carbonyl (C=O) groups excluding carboxylic acids is 1. The Morgan fingerprint density at radius 3 is 2.83 bits per heavy atom. The van der Waals surface area contributed by atoms with Gasteiger partial charge < -0.3 is 10.6 Å². The summed E-state index contributed by atoms with van der Waals surface area (Å²) in [6.07, 6.45) is 2.45. The summed E-state index contributed by atoms with van der Waals surface area (Å²) in [5, 5.41) is 15.6. The maximum atomic E-state index is 11.5. The number of hydrogen-bond acceptors (Lipinski definition) is 3. The number of nitro benzene ring substituents is 1. The van der Waals surface area contributed by atoms with Crippen LogP contribution in [0.1, 0.15) is 20.3 Å². The third kappa shape index (κ3) is 4.25. The number of rotatable bonds is 4. The van der Waals surface area contributed by atoms with Crippen molar-refractivity contribution in [1.82, 2.24) is 5.32 Å². The highest BCUT2D eigenvalue weighted by atomic mass is 16.6. The molecule has 0 aliphatic carbocycles. The fraction of sp³-hybridized carbons (Fsp3) is 0.250. The topological polar surface area (TPSA) is 84.3 Å². The van der Waals surface area contributed by atoms with Gasteiger partial charge in [0.05, 0.1) is 4.92 Å². The zero-order chi connectivity index (χ0) is 13.5. The molecule has 1 rings (SSSR count). The van der Waals surface area contributed by atoms with Crippen LogP contribution in [0.3, 0.4) is 0 Å². The zero-order valence-corrected chi connectivity index (χ0v) is 10.3. The summed E-state index contributed by atoms with van der Waals surface area (Å²) >= 11 is 0. The Balaban J connectivity index is 2.65. The number of nitrogens with zero attached hydrogens (tertiary/aromatic N) is 1. The Labute approximate surface area is 105 Å². The van der Waals surface area contributed by atoms with E-state index in [2.05, 4.69) is 10.6 Å². The van der Waals surface area contributed by atoms with Gasteiger partial charge in [-0.2, -0.15) is 0 Å². The Morgan fingerprint density at radius 2 is 2.22 bits per heavy atom. The monoisotopic (exact) mass is 249 g/mol. The minimum Gasteiger partial charge on any atom is -0.314 e. The summed E-state index contributed by atoms with van der Waals surface area (Å²) in [6, 6.07) is 5.34. The van der Waals surface area contributed by atoms with Crippen molar-refractivity contribution in [2.24, 2.45) is 0 Å². The molecule has 0 bridgehead atoms. The van der Waals surface area contributed by atoms with E-state index in [1.165, 1.54) is 18.2 Å². The second-order valence-electron chi connectivity index (χ2n) is 3.75. The summed E-state index contributed by atoms with van der Waals surface area (Å²) < 4.78 is 0. The molecule has 0 saturated carbocycles. The first-order valence-electron chi connectivity index (χ1n) is 5.50. The molecule has 18 heavy (non-hydrogen) atoms. The maximum absolute atomic E-state index is 11.5. The van der Waals surface area contributed by atoms with Crippen LogP contribution in [-0.2, 0) is 0 Å². The van der Waals surface area contributed by atoms with Gasteiger partial charge in [-0.1, -0.05) is 18.6 Å². The molecule has 2 N–H and O–H groups in total. The molecule has 1 aromatic carbocycles. The van der Waals surface area contributed by atoms with Gasteiger partial charge in [0.2, 0.25) is 0 Å². The molecule has 0 aliphatic heterocycles. The quantitative estimate of drug-likeness (QED) is 0.635. The fourth-order valence-electron chi connectivity index (χ4n) is 1.16. The highest BCUT2D eigenvalue weighted by molar-refractivity contribution is 5.90. The lowest BCUT2D eigenvalue weighted by molar-refractivity contribution is -0.384. The number of non-ortho nitro benzene ring substituents is 1. The van der Waals surface area contributed by atoms with Crippen LogP contribution in [0.25, 0.3) is 0 Å². The van der Waals surface area contributed by atoms with E-state index in [9.17, 15) is 14.9 Å². The first-order valence-corrected chi connectivity index (χ1v) is 5.50. The molecular weight excluding hydrogens is 234 g/mol. The van der Waals surface area contributed by atoms with Gasteiger partial charge in [-0.3, -0.25) is 10.1 Å². The van der Waals surface area contributed by atoms with Crippen LogP contribution in [0.2, 0.25) is 0 Å². The fourth-order valence-corrected chi connectivity index (χ4v) is 1.16. The summed E-state index contributed by atoms with van der Waals surface area (Å²) in [5.41, 5.74) is 1.35. The molecule has 6 nitrogen and oxygen atoms in total. The number of allylic oxidation sites excluding steroid dienone is 1. The smallest absolute Gasteiger partial charge is 0.314 e. The van der Waals surface area contributed by atoms with E-state index in [1.807, 2.05) is 13.8 Å². The third-order valence-corrected chi connectivity index (χ3v) is 2.32. The van der Waals surface area contributed by atoms with Gasteiger partial charge in [0.25, 0.3) is 5.69 Å². The highest BCUT2D eigenvalue weighted by Crippen LogP contribution is 2.16. The number of hydrogen-bond donors (Lipinski definition) is 2. The van der Waals surface area contributed by atoms with E-state index >= 15 is 0 Å². The molecular formula is C12H15N3O3. The lowest BCUT2D eigenvalue weighted by Gasteiger charge is -2.05. The minimum absolute atomic E-state index is 0.0620. The molecule has 0 heterocycles. The Morgan fingerprint density at radius 1 is 1.50 bits per heavy atom. The average Bonchev–Trinajstić information content (AvgIpc) is 2.36.